The minimum Gasteiger partial charge on any atom is -0.485 e. The van der Waals surface area contributed by atoms with E-state index in [2.05, 4.69) is 14.7 Å². The summed E-state index contributed by atoms with van der Waals surface area (Å²) < 4.78 is 28.3. The third kappa shape index (κ3) is 3.29. The number of nitrogens with one attached hydrogen (secondary N) is 1. The van der Waals surface area contributed by atoms with Gasteiger partial charge in [-0.25, -0.2) is 4.39 Å². The number of halogens is 1. The molecule has 0 spiro atoms. The number of aromatic nitrogens is 2. The van der Waals surface area contributed by atoms with Crippen LogP contribution in [0.4, 0.5) is 9.52 Å². The highest BCUT2D eigenvalue weighted by Crippen LogP contribution is 2.31. The number of ether oxygens (including phenoxy) is 2. The van der Waals surface area contributed by atoms with E-state index in [4.69, 9.17) is 9.47 Å². The molecule has 1 aliphatic heterocycles. The molecule has 1 atom stereocenters. The van der Waals surface area contributed by atoms with Gasteiger partial charge < -0.3 is 9.47 Å². The van der Waals surface area contributed by atoms with E-state index < -0.39 is 6.10 Å². The molecule has 1 aromatic heterocycles. The van der Waals surface area contributed by atoms with Crippen LogP contribution in [0.15, 0.2) is 48.5 Å². The van der Waals surface area contributed by atoms with E-state index >= 15 is 0 Å². The Morgan fingerprint density at radius 1 is 1.16 bits per heavy atom. The average Bonchev–Trinajstić information content (AvgIpc) is 3.10. The van der Waals surface area contributed by atoms with E-state index in [1.54, 1.807) is 24.3 Å². The van der Waals surface area contributed by atoms with Gasteiger partial charge in [-0.3, -0.25) is 10.1 Å². The second kappa shape index (κ2) is 6.48. The lowest BCUT2D eigenvalue weighted by Crippen LogP contribution is -2.40. The van der Waals surface area contributed by atoms with Gasteiger partial charge in [0.05, 0.1) is 0 Å². The van der Waals surface area contributed by atoms with E-state index in [0.29, 0.717) is 28.0 Å². The lowest BCUT2D eigenvalue weighted by atomic mass is 10.2. The van der Waals surface area contributed by atoms with Gasteiger partial charge in [-0.05, 0) is 36.4 Å². The van der Waals surface area contributed by atoms with Gasteiger partial charge in [-0.2, -0.15) is 9.36 Å². The fraction of sp³-hybridized carbons (Fsp3) is 0.118. The zero-order valence-corrected chi connectivity index (χ0v) is 13.6. The van der Waals surface area contributed by atoms with E-state index in [-0.39, 0.29) is 18.3 Å². The van der Waals surface area contributed by atoms with Crippen molar-refractivity contribution in [3.8, 4) is 22.9 Å². The average molecular weight is 357 g/mol. The Labute approximate surface area is 146 Å². The van der Waals surface area contributed by atoms with Gasteiger partial charge in [0, 0.05) is 17.1 Å². The van der Waals surface area contributed by atoms with Crippen LogP contribution >= 0.6 is 11.5 Å². The number of nitrogens with zero attached hydrogens (tertiary/aromatic N) is 2. The van der Waals surface area contributed by atoms with Crippen molar-refractivity contribution in [2.45, 2.75) is 6.10 Å². The summed E-state index contributed by atoms with van der Waals surface area (Å²) in [5, 5.41) is 3.01. The van der Waals surface area contributed by atoms with Crippen molar-refractivity contribution in [1.82, 2.24) is 9.36 Å². The molecule has 1 amide bonds. The number of carbonyl (C=O) groups is 1. The standard InChI is InChI=1S/C17H12FN3O3S/c18-11-7-5-10(6-8-11)15-19-17(25-21-15)20-16(22)14-9-23-12-3-1-2-4-13(12)24-14/h1-8,14H,9H2,(H,19,20,21,22). The molecule has 4 rings (SSSR count). The zero-order valence-electron chi connectivity index (χ0n) is 12.8. The summed E-state index contributed by atoms with van der Waals surface area (Å²) in [4.78, 5) is 16.6. The van der Waals surface area contributed by atoms with Gasteiger partial charge in [0.1, 0.15) is 12.4 Å². The fourth-order valence-electron chi connectivity index (χ4n) is 2.33. The fourth-order valence-corrected chi connectivity index (χ4v) is 2.92. The molecule has 1 N–H and O–H groups in total. The summed E-state index contributed by atoms with van der Waals surface area (Å²) in [6.07, 6.45) is -0.770. The second-order valence-corrected chi connectivity index (χ2v) is 6.04. The van der Waals surface area contributed by atoms with Crippen LogP contribution in [0.3, 0.4) is 0 Å². The molecule has 2 heterocycles. The first-order chi connectivity index (χ1) is 12.2. The Hall–Kier alpha value is -3.00. The van der Waals surface area contributed by atoms with E-state index in [9.17, 15) is 9.18 Å². The summed E-state index contributed by atoms with van der Waals surface area (Å²) in [6.45, 7) is 0.118. The van der Waals surface area contributed by atoms with Crippen LogP contribution in [-0.2, 0) is 4.79 Å². The van der Waals surface area contributed by atoms with E-state index in [1.165, 1.54) is 12.1 Å². The van der Waals surface area contributed by atoms with Crippen molar-refractivity contribution >= 4 is 22.6 Å². The van der Waals surface area contributed by atoms with Crippen LogP contribution in [0, 0.1) is 5.82 Å². The van der Waals surface area contributed by atoms with Gasteiger partial charge >= 0.3 is 0 Å². The molecular formula is C17H12FN3O3S. The maximum absolute atomic E-state index is 13.0. The quantitative estimate of drug-likeness (QED) is 0.780. The van der Waals surface area contributed by atoms with E-state index in [0.717, 1.165) is 11.5 Å². The number of para-hydroxylation sites is 2. The molecule has 3 aromatic rings. The van der Waals surface area contributed by atoms with Crippen LogP contribution in [0.1, 0.15) is 0 Å². The summed E-state index contributed by atoms with van der Waals surface area (Å²) in [7, 11) is 0. The maximum atomic E-state index is 13.0. The molecule has 25 heavy (non-hydrogen) atoms. The number of hydrogen-bond donors (Lipinski definition) is 1. The van der Waals surface area contributed by atoms with Gasteiger partial charge in [0.25, 0.3) is 5.91 Å². The molecule has 1 aliphatic rings. The molecule has 0 radical (unpaired) electrons. The molecule has 0 bridgehead atoms. The SMILES string of the molecule is O=C(Nc1nc(-c2ccc(F)cc2)ns1)C1COc2ccccc2O1. The van der Waals surface area contributed by atoms with Crippen molar-refractivity contribution in [1.29, 1.82) is 0 Å². The normalized spacial score (nSPS) is 15.6. The number of anilines is 1. The number of rotatable bonds is 3. The molecule has 126 valence electrons. The molecular weight excluding hydrogens is 345 g/mol. The maximum Gasteiger partial charge on any atom is 0.270 e. The lowest BCUT2D eigenvalue weighted by Gasteiger charge is -2.25. The monoisotopic (exact) mass is 357 g/mol. The van der Waals surface area contributed by atoms with Crippen LogP contribution in [-0.4, -0.2) is 28.0 Å². The predicted octanol–water partition coefficient (Wildman–Crippen LogP) is 3.12. The predicted molar refractivity (Wildman–Crippen MR) is 90.3 cm³/mol. The summed E-state index contributed by atoms with van der Waals surface area (Å²) in [6, 6.07) is 13.0. The highest BCUT2D eigenvalue weighted by atomic mass is 32.1. The number of hydrogen-bond acceptors (Lipinski definition) is 6. The molecule has 1 unspecified atom stereocenters. The highest BCUT2D eigenvalue weighted by molar-refractivity contribution is 7.10. The Balaban J connectivity index is 1.44. The first-order valence-electron chi connectivity index (χ1n) is 7.48. The van der Waals surface area contributed by atoms with Gasteiger partial charge in [-0.15, -0.1) is 0 Å². The summed E-state index contributed by atoms with van der Waals surface area (Å²) in [5.74, 6) is 0.865. The van der Waals surface area contributed by atoms with Gasteiger partial charge in [0.2, 0.25) is 11.2 Å². The Kier molecular flexibility index (Phi) is 4.02. The minimum absolute atomic E-state index is 0.118. The molecule has 6 nitrogen and oxygen atoms in total. The first kappa shape index (κ1) is 15.5. The molecule has 8 heteroatoms. The largest absolute Gasteiger partial charge is 0.485 e. The van der Waals surface area contributed by atoms with Crippen molar-refractivity contribution in [2.75, 3.05) is 11.9 Å². The highest BCUT2D eigenvalue weighted by Gasteiger charge is 2.28. The summed E-state index contributed by atoms with van der Waals surface area (Å²) >= 11 is 1.04. The third-order valence-electron chi connectivity index (χ3n) is 3.56. The minimum atomic E-state index is -0.770. The Morgan fingerprint density at radius 2 is 1.92 bits per heavy atom. The van der Waals surface area contributed by atoms with E-state index in [1.807, 2.05) is 12.1 Å². The number of amides is 1. The summed E-state index contributed by atoms with van der Waals surface area (Å²) in [5.41, 5.74) is 0.671. The Morgan fingerprint density at radius 3 is 2.72 bits per heavy atom. The third-order valence-corrected chi connectivity index (χ3v) is 4.19. The van der Waals surface area contributed by atoms with Crippen LogP contribution in [0.5, 0.6) is 11.5 Å². The molecule has 0 saturated carbocycles. The molecule has 2 aromatic carbocycles. The van der Waals surface area contributed by atoms with Crippen molar-refractivity contribution in [3.63, 3.8) is 0 Å². The van der Waals surface area contributed by atoms with Crippen molar-refractivity contribution in [2.24, 2.45) is 0 Å². The second-order valence-electron chi connectivity index (χ2n) is 5.28. The molecule has 0 aliphatic carbocycles. The number of fused-ring (bicyclic) bond motifs is 1. The van der Waals surface area contributed by atoms with Crippen molar-refractivity contribution < 1.29 is 18.7 Å². The zero-order chi connectivity index (χ0) is 17.2. The van der Waals surface area contributed by atoms with Crippen molar-refractivity contribution in [3.05, 3.63) is 54.3 Å². The smallest absolute Gasteiger partial charge is 0.270 e. The molecule has 0 saturated heterocycles. The first-order valence-corrected chi connectivity index (χ1v) is 8.25. The number of benzene rings is 2. The topological polar surface area (TPSA) is 73.3 Å². The van der Waals surface area contributed by atoms with Crippen LogP contribution < -0.4 is 14.8 Å². The lowest BCUT2D eigenvalue weighted by molar-refractivity contribution is -0.125. The number of carbonyl (C=O) groups excluding carboxylic acids is 1. The Bertz CT molecular complexity index is 914. The molecule has 0 fully saturated rings. The van der Waals surface area contributed by atoms with Gasteiger partial charge in [0.15, 0.2) is 17.3 Å². The van der Waals surface area contributed by atoms with Crippen LogP contribution in [0.2, 0.25) is 0 Å². The van der Waals surface area contributed by atoms with Crippen LogP contribution in [0.25, 0.3) is 11.4 Å². The van der Waals surface area contributed by atoms with Gasteiger partial charge in [-0.1, -0.05) is 12.1 Å².